The zero-order chi connectivity index (χ0) is 21.3. The number of rotatable bonds is 7. The summed E-state index contributed by atoms with van der Waals surface area (Å²) < 4.78 is 6.07. The highest BCUT2D eigenvalue weighted by molar-refractivity contribution is 5.29. The van der Waals surface area contributed by atoms with Crippen LogP contribution in [0.5, 0.6) is 5.75 Å². The van der Waals surface area contributed by atoms with E-state index in [2.05, 4.69) is 29.6 Å². The summed E-state index contributed by atoms with van der Waals surface area (Å²) in [6.45, 7) is 3.12. The highest BCUT2D eigenvalue weighted by Crippen LogP contribution is 2.54. The average Bonchev–Trinajstić information content (AvgIpc) is 2.83. The van der Waals surface area contributed by atoms with E-state index < -0.39 is 0 Å². The molecule has 5 aliphatic carbocycles. The maximum atomic E-state index is 6.17. The predicted molar refractivity (Wildman–Crippen MR) is 126 cm³/mol. The quantitative estimate of drug-likeness (QED) is 0.426. The topological polar surface area (TPSA) is 39.7 Å². The van der Waals surface area contributed by atoms with E-state index in [1.165, 1.54) is 63.4 Å². The Kier molecular flexibility index (Phi) is 6.46. The third kappa shape index (κ3) is 4.74. The molecule has 0 radical (unpaired) electrons. The number of nitrogens with one attached hydrogen (secondary N) is 1. The molecule has 1 N–H and O–H groups in total. The largest absolute Gasteiger partial charge is 0.493 e. The Bertz CT molecular complexity index is 708. The Balaban J connectivity index is 0.938. The first-order chi connectivity index (χ1) is 15.8. The van der Waals surface area contributed by atoms with Crippen molar-refractivity contribution < 1.29 is 14.5 Å². The molecule has 1 heterocycles. The van der Waals surface area contributed by atoms with Crippen molar-refractivity contribution in [1.29, 1.82) is 0 Å². The summed E-state index contributed by atoms with van der Waals surface area (Å²) in [5.41, 5.74) is 1.46. The molecule has 1 aliphatic heterocycles. The van der Waals surface area contributed by atoms with Crippen molar-refractivity contribution in [2.75, 3.05) is 19.7 Å². The van der Waals surface area contributed by atoms with Gasteiger partial charge in [0.2, 0.25) is 0 Å². The van der Waals surface area contributed by atoms with E-state index in [1.807, 2.05) is 0 Å². The van der Waals surface area contributed by atoms with Crippen LogP contribution in [0.15, 0.2) is 24.3 Å². The van der Waals surface area contributed by atoms with Crippen LogP contribution in [-0.4, -0.2) is 31.9 Å². The van der Waals surface area contributed by atoms with Crippen molar-refractivity contribution in [2.45, 2.75) is 88.8 Å². The molecule has 4 nitrogen and oxygen atoms in total. The molecule has 0 aromatic heterocycles. The molecule has 0 atom stereocenters. The lowest BCUT2D eigenvalue weighted by atomic mass is 9.55. The molecule has 7 rings (SSSR count). The minimum absolute atomic E-state index is 0.288. The van der Waals surface area contributed by atoms with E-state index in [9.17, 15) is 0 Å². The second-order valence-electron chi connectivity index (χ2n) is 11.6. The van der Waals surface area contributed by atoms with Gasteiger partial charge in [-0.05, 0) is 137 Å². The first-order valence-electron chi connectivity index (χ1n) is 13.6. The molecule has 32 heavy (non-hydrogen) atoms. The Morgan fingerprint density at radius 3 is 2.03 bits per heavy atom. The molecule has 0 amide bonds. The monoisotopic (exact) mass is 439 g/mol. The van der Waals surface area contributed by atoms with Gasteiger partial charge in [-0.2, -0.15) is 0 Å². The van der Waals surface area contributed by atoms with E-state index in [0.29, 0.717) is 17.9 Å². The average molecular weight is 440 g/mol. The minimum Gasteiger partial charge on any atom is -0.493 e. The lowest BCUT2D eigenvalue weighted by molar-refractivity contribution is -0.383. The molecular weight excluding hydrogens is 398 g/mol. The summed E-state index contributed by atoms with van der Waals surface area (Å²) in [6, 6.07) is 8.92. The second-order valence-corrected chi connectivity index (χ2v) is 11.6. The number of benzene rings is 1. The van der Waals surface area contributed by atoms with Crippen molar-refractivity contribution in [3.8, 4) is 5.75 Å². The highest BCUT2D eigenvalue weighted by atomic mass is 17.2. The Morgan fingerprint density at radius 1 is 0.719 bits per heavy atom. The summed E-state index contributed by atoms with van der Waals surface area (Å²) in [6.07, 6.45) is 14.8. The van der Waals surface area contributed by atoms with E-state index in [4.69, 9.17) is 14.5 Å². The van der Waals surface area contributed by atoms with Crippen molar-refractivity contribution in [2.24, 2.45) is 29.6 Å². The van der Waals surface area contributed by atoms with E-state index in [0.717, 1.165) is 62.0 Å². The number of hydrogen-bond acceptors (Lipinski definition) is 4. The van der Waals surface area contributed by atoms with Gasteiger partial charge < -0.3 is 10.1 Å². The van der Waals surface area contributed by atoms with Crippen LogP contribution < -0.4 is 10.1 Å². The van der Waals surface area contributed by atoms with Gasteiger partial charge >= 0.3 is 0 Å². The number of ether oxygens (including phenoxy) is 1. The van der Waals surface area contributed by atoms with Crippen molar-refractivity contribution in [1.82, 2.24) is 5.32 Å². The molecular formula is C28H41NO3. The Labute approximate surface area is 193 Å². The van der Waals surface area contributed by atoms with Gasteiger partial charge in [0.15, 0.2) is 0 Å². The first-order valence-corrected chi connectivity index (χ1v) is 13.6. The molecule has 6 fully saturated rings. The van der Waals surface area contributed by atoms with Gasteiger partial charge in [0.25, 0.3) is 0 Å². The van der Waals surface area contributed by atoms with Crippen LogP contribution in [0.3, 0.4) is 0 Å². The van der Waals surface area contributed by atoms with Crippen molar-refractivity contribution in [3.63, 3.8) is 0 Å². The van der Waals surface area contributed by atoms with Crippen LogP contribution in [0.4, 0.5) is 0 Å². The summed E-state index contributed by atoms with van der Waals surface area (Å²) in [7, 11) is 0. The van der Waals surface area contributed by atoms with Gasteiger partial charge in [-0.15, -0.1) is 0 Å². The molecule has 4 bridgehead atoms. The van der Waals surface area contributed by atoms with Crippen LogP contribution in [0.2, 0.25) is 0 Å². The Morgan fingerprint density at radius 2 is 1.38 bits per heavy atom. The van der Waals surface area contributed by atoms with E-state index in [1.54, 1.807) is 0 Å². The fourth-order valence-corrected chi connectivity index (χ4v) is 7.77. The van der Waals surface area contributed by atoms with Crippen molar-refractivity contribution >= 4 is 0 Å². The molecule has 0 unspecified atom stereocenters. The molecule has 1 aromatic rings. The molecule has 1 aromatic carbocycles. The van der Waals surface area contributed by atoms with Gasteiger partial charge in [-0.3, -0.25) is 0 Å². The predicted octanol–water partition coefficient (Wildman–Crippen LogP) is 5.86. The van der Waals surface area contributed by atoms with Gasteiger partial charge in [-0.1, -0.05) is 12.1 Å². The SMILES string of the molecule is c1cc(C2CCC(OOC3C4CC5CC(C4)CC3C5)CC2)ccc1OCC1CCNCC1. The summed E-state index contributed by atoms with van der Waals surface area (Å²) >= 11 is 0. The zero-order valence-electron chi connectivity index (χ0n) is 19.6. The van der Waals surface area contributed by atoms with Crippen LogP contribution in [-0.2, 0) is 9.78 Å². The van der Waals surface area contributed by atoms with Crippen LogP contribution in [0, 0.1) is 29.6 Å². The first kappa shape index (κ1) is 21.4. The highest BCUT2D eigenvalue weighted by Gasteiger charge is 2.49. The third-order valence-corrected chi connectivity index (χ3v) is 9.41. The summed E-state index contributed by atoms with van der Waals surface area (Å²) in [5.74, 6) is 5.91. The third-order valence-electron chi connectivity index (χ3n) is 9.41. The van der Waals surface area contributed by atoms with E-state index in [-0.39, 0.29) is 6.10 Å². The molecule has 5 saturated carbocycles. The van der Waals surface area contributed by atoms with E-state index >= 15 is 0 Å². The molecule has 0 spiro atoms. The van der Waals surface area contributed by atoms with Crippen molar-refractivity contribution in [3.05, 3.63) is 29.8 Å². The fourth-order valence-electron chi connectivity index (χ4n) is 7.77. The molecule has 6 aliphatic rings. The van der Waals surface area contributed by atoms with Gasteiger partial charge in [0.05, 0.1) is 18.8 Å². The second kappa shape index (κ2) is 9.64. The van der Waals surface area contributed by atoms with Gasteiger partial charge in [0, 0.05) is 0 Å². The normalized spacial score (nSPS) is 39.3. The fraction of sp³-hybridized carbons (Fsp3) is 0.786. The number of piperidine rings is 1. The minimum atomic E-state index is 0.288. The molecule has 4 heteroatoms. The van der Waals surface area contributed by atoms with Gasteiger partial charge in [-0.25, -0.2) is 9.78 Å². The maximum Gasteiger partial charge on any atom is 0.119 e. The molecule has 176 valence electrons. The lowest BCUT2D eigenvalue weighted by Crippen LogP contribution is -2.49. The van der Waals surface area contributed by atoms with Gasteiger partial charge in [0.1, 0.15) is 5.75 Å². The lowest BCUT2D eigenvalue weighted by Gasteiger charge is -2.53. The van der Waals surface area contributed by atoms with Crippen LogP contribution >= 0.6 is 0 Å². The zero-order valence-corrected chi connectivity index (χ0v) is 19.6. The smallest absolute Gasteiger partial charge is 0.119 e. The van der Waals surface area contributed by atoms with Crippen LogP contribution in [0.1, 0.15) is 82.1 Å². The summed E-state index contributed by atoms with van der Waals surface area (Å²) in [5, 5.41) is 3.42. The number of hydrogen-bond donors (Lipinski definition) is 1. The summed E-state index contributed by atoms with van der Waals surface area (Å²) in [4.78, 5) is 12.2. The maximum absolute atomic E-state index is 6.17. The standard InChI is InChI=1S/C28H41NO3/c1-5-26(30-18-19-9-11-29-12-10-19)6-2-22(1)23-3-7-27(8-4-23)31-32-28-24-14-20-13-21(16-24)17-25(28)15-20/h1-2,5-6,19-21,23-25,27-29H,3-4,7-18H2. The molecule has 1 saturated heterocycles. The van der Waals surface area contributed by atoms with Crippen LogP contribution in [0.25, 0.3) is 0 Å². The Hall–Kier alpha value is -1.10.